The molecule has 14 heteroatoms. The third-order valence-corrected chi connectivity index (χ3v) is 7.14. The van der Waals surface area contributed by atoms with E-state index in [1.54, 1.807) is 29.9 Å². The van der Waals surface area contributed by atoms with Crippen LogP contribution in [0.5, 0.6) is 0 Å². The first-order valence-corrected chi connectivity index (χ1v) is 12.1. The Kier molecular flexibility index (Phi) is 5.87. The molecular formula is C23H27F3N10O. The molecule has 6 heterocycles. The summed E-state index contributed by atoms with van der Waals surface area (Å²) in [5, 5.41) is 18.5. The van der Waals surface area contributed by atoms with Crippen LogP contribution in [0, 0.1) is 0 Å². The first kappa shape index (κ1) is 23.9. The van der Waals surface area contributed by atoms with Gasteiger partial charge in [0.2, 0.25) is 5.95 Å². The fourth-order valence-corrected chi connectivity index (χ4v) is 5.03. The zero-order valence-corrected chi connectivity index (χ0v) is 20.4. The molecule has 0 unspecified atom stereocenters. The Morgan fingerprint density at radius 3 is 2.76 bits per heavy atom. The number of aromatic nitrogens is 7. The van der Waals surface area contributed by atoms with Gasteiger partial charge in [-0.25, -0.2) is 27.4 Å². The number of fused-ring (bicyclic) bond motifs is 2. The highest BCUT2D eigenvalue weighted by Crippen LogP contribution is 2.32. The molecule has 2 aliphatic heterocycles. The molecule has 0 bridgehead atoms. The van der Waals surface area contributed by atoms with Crippen LogP contribution in [0.15, 0.2) is 24.4 Å². The molecule has 4 aromatic heterocycles. The number of halogens is 3. The van der Waals surface area contributed by atoms with Crippen LogP contribution in [0.3, 0.4) is 0 Å². The second-order valence-corrected chi connectivity index (χ2v) is 9.75. The molecule has 4 aromatic rings. The molecule has 0 aromatic carbocycles. The first-order chi connectivity index (χ1) is 17.8. The first-order valence-electron chi connectivity index (χ1n) is 12.1. The molecule has 0 aliphatic carbocycles. The van der Waals surface area contributed by atoms with E-state index in [-0.39, 0.29) is 11.2 Å². The van der Waals surface area contributed by atoms with Crippen LogP contribution in [-0.4, -0.2) is 97.0 Å². The number of anilines is 2. The molecule has 0 amide bonds. The summed E-state index contributed by atoms with van der Waals surface area (Å²) in [6, 6.07) is 4.85. The normalized spacial score (nSPS) is 22.0. The topological polar surface area (TPSA) is 110 Å². The van der Waals surface area contributed by atoms with Crippen molar-refractivity contribution in [1.82, 2.24) is 39.5 Å². The van der Waals surface area contributed by atoms with E-state index in [2.05, 4.69) is 47.8 Å². The van der Waals surface area contributed by atoms with E-state index < -0.39 is 25.2 Å². The predicted octanol–water partition coefficient (Wildman–Crippen LogP) is 2.46. The van der Waals surface area contributed by atoms with E-state index >= 15 is 4.39 Å². The van der Waals surface area contributed by atoms with Gasteiger partial charge >= 0.3 is 0 Å². The summed E-state index contributed by atoms with van der Waals surface area (Å²) < 4.78 is 49.1. The minimum absolute atomic E-state index is 0.0875. The van der Waals surface area contributed by atoms with Crippen LogP contribution in [0.25, 0.3) is 27.9 Å². The van der Waals surface area contributed by atoms with Crippen molar-refractivity contribution in [3.05, 3.63) is 24.4 Å². The molecule has 37 heavy (non-hydrogen) atoms. The van der Waals surface area contributed by atoms with Crippen LogP contribution in [0.1, 0.15) is 13.3 Å². The lowest BCUT2D eigenvalue weighted by Gasteiger charge is -2.50. The van der Waals surface area contributed by atoms with Crippen molar-refractivity contribution in [2.24, 2.45) is 0 Å². The monoisotopic (exact) mass is 516 g/mol. The molecule has 0 radical (unpaired) electrons. The SMILES string of the molecule is CNc1nc(N[C@@H]2CCN(C3(C)COC3)C[C@@H]2F)nn2ccc(-c3ccc4nnn(CC(F)F)c4n3)c12. The van der Waals surface area contributed by atoms with Gasteiger partial charge in [0.25, 0.3) is 6.43 Å². The molecule has 2 aliphatic rings. The maximum atomic E-state index is 15.1. The maximum absolute atomic E-state index is 15.1. The number of nitrogens with one attached hydrogen (secondary N) is 2. The van der Waals surface area contributed by atoms with Gasteiger partial charge in [-0.3, -0.25) is 4.90 Å². The fraction of sp³-hybridized carbons (Fsp3) is 0.522. The highest BCUT2D eigenvalue weighted by Gasteiger charge is 2.43. The predicted molar refractivity (Wildman–Crippen MR) is 131 cm³/mol. The van der Waals surface area contributed by atoms with Gasteiger partial charge in [-0.2, -0.15) is 4.98 Å². The molecule has 0 spiro atoms. The van der Waals surface area contributed by atoms with Gasteiger partial charge in [0.15, 0.2) is 11.5 Å². The summed E-state index contributed by atoms with van der Waals surface area (Å²) >= 11 is 0. The van der Waals surface area contributed by atoms with E-state index in [9.17, 15) is 8.78 Å². The number of pyridine rings is 1. The maximum Gasteiger partial charge on any atom is 0.258 e. The van der Waals surface area contributed by atoms with E-state index in [1.165, 1.54) is 0 Å². The zero-order chi connectivity index (χ0) is 25.7. The lowest BCUT2D eigenvalue weighted by atomic mass is 9.92. The Balaban J connectivity index is 1.27. The molecule has 6 rings (SSSR count). The average molecular weight is 517 g/mol. The minimum Gasteiger partial charge on any atom is -0.377 e. The zero-order valence-electron chi connectivity index (χ0n) is 20.4. The summed E-state index contributed by atoms with van der Waals surface area (Å²) in [7, 11) is 1.74. The van der Waals surface area contributed by atoms with E-state index in [4.69, 9.17) is 4.74 Å². The smallest absolute Gasteiger partial charge is 0.258 e. The van der Waals surface area contributed by atoms with Gasteiger partial charge in [0.1, 0.15) is 23.7 Å². The van der Waals surface area contributed by atoms with E-state index in [0.717, 1.165) is 11.2 Å². The van der Waals surface area contributed by atoms with Gasteiger partial charge in [0.05, 0.1) is 30.5 Å². The van der Waals surface area contributed by atoms with E-state index in [0.29, 0.717) is 60.2 Å². The standard InChI is InChI=1S/C23H27F3N10O/c1-23(11-37-12-23)34-7-6-16(14(24)9-34)29-22-30-20(27-2)19-13(5-8-35(19)32-22)15-3-4-17-21(28-15)36(33-31-17)10-18(25)26/h3-5,8,14,16,18H,6-7,9-12H2,1-2H3,(H2,27,29,30,32)/t14-,16+/m0/s1. The number of piperidine rings is 1. The van der Waals surface area contributed by atoms with Gasteiger partial charge < -0.3 is 15.4 Å². The van der Waals surface area contributed by atoms with Crippen molar-refractivity contribution in [2.75, 3.05) is 44.0 Å². The van der Waals surface area contributed by atoms with Crippen molar-refractivity contribution in [3.63, 3.8) is 0 Å². The van der Waals surface area contributed by atoms with Crippen molar-refractivity contribution < 1.29 is 17.9 Å². The molecule has 0 saturated carbocycles. The number of hydrogen-bond acceptors (Lipinski definition) is 9. The molecule has 2 saturated heterocycles. The third kappa shape index (κ3) is 4.23. The Bertz CT molecular complexity index is 1440. The fourth-order valence-electron chi connectivity index (χ4n) is 5.03. The van der Waals surface area contributed by atoms with Gasteiger partial charge in [-0.05, 0) is 31.5 Å². The lowest BCUT2D eigenvalue weighted by molar-refractivity contribution is -0.142. The second kappa shape index (κ2) is 9.10. The number of nitrogens with zero attached hydrogens (tertiary/aromatic N) is 8. The Labute approximate surface area is 210 Å². The van der Waals surface area contributed by atoms with Crippen LogP contribution in [-0.2, 0) is 11.3 Å². The van der Waals surface area contributed by atoms with Crippen molar-refractivity contribution in [2.45, 2.75) is 44.1 Å². The van der Waals surface area contributed by atoms with Crippen molar-refractivity contribution in [3.8, 4) is 11.3 Å². The minimum atomic E-state index is -2.58. The number of rotatable bonds is 7. The summed E-state index contributed by atoms with van der Waals surface area (Å²) in [5.41, 5.74) is 2.50. The number of hydrogen-bond donors (Lipinski definition) is 2. The summed E-state index contributed by atoms with van der Waals surface area (Å²) in [4.78, 5) is 11.3. The Morgan fingerprint density at radius 2 is 2.05 bits per heavy atom. The van der Waals surface area contributed by atoms with Gasteiger partial charge in [-0.1, -0.05) is 5.21 Å². The molecule has 2 N–H and O–H groups in total. The van der Waals surface area contributed by atoms with Crippen molar-refractivity contribution >= 4 is 28.4 Å². The number of alkyl halides is 3. The van der Waals surface area contributed by atoms with E-state index in [1.807, 2.05) is 6.07 Å². The Morgan fingerprint density at radius 1 is 1.22 bits per heavy atom. The number of likely N-dealkylation sites (tertiary alicyclic amines) is 1. The second-order valence-electron chi connectivity index (χ2n) is 9.75. The highest BCUT2D eigenvalue weighted by atomic mass is 19.3. The molecule has 11 nitrogen and oxygen atoms in total. The highest BCUT2D eigenvalue weighted by molar-refractivity contribution is 5.89. The lowest BCUT2D eigenvalue weighted by Crippen LogP contribution is -2.64. The third-order valence-electron chi connectivity index (χ3n) is 7.14. The molecule has 2 atom stereocenters. The van der Waals surface area contributed by atoms with Gasteiger partial charge in [0, 0.05) is 31.9 Å². The van der Waals surface area contributed by atoms with Crippen molar-refractivity contribution in [1.29, 1.82) is 0 Å². The van der Waals surface area contributed by atoms with Crippen LogP contribution in [0.4, 0.5) is 24.9 Å². The summed E-state index contributed by atoms with van der Waals surface area (Å²) in [6.45, 7) is 3.87. The Hall–Kier alpha value is -3.52. The van der Waals surface area contributed by atoms with Crippen LogP contribution < -0.4 is 10.6 Å². The molecule has 196 valence electrons. The largest absolute Gasteiger partial charge is 0.377 e. The quantitative estimate of drug-likeness (QED) is 0.383. The summed E-state index contributed by atoms with van der Waals surface area (Å²) in [5.74, 6) is 0.825. The molecule has 2 fully saturated rings. The van der Waals surface area contributed by atoms with Crippen LogP contribution >= 0.6 is 0 Å². The summed E-state index contributed by atoms with van der Waals surface area (Å²) in [6.07, 6.45) is -1.28. The van der Waals surface area contributed by atoms with Crippen LogP contribution in [0.2, 0.25) is 0 Å². The molecular weight excluding hydrogens is 489 g/mol. The van der Waals surface area contributed by atoms with Gasteiger partial charge in [-0.15, -0.1) is 10.2 Å². The average Bonchev–Trinajstić information content (AvgIpc) is 3.47. The number of ether oxygens (including phenoxy) is 1.